The quantitative estimate of drug-likeness (QED) is 0.789. The topological polar surface area (TPSA) is 26.0 Å². The van der Waals surface area contributed by atoms with E-state index in [2.05, 4.69) is 19.9 Å². The van der Waals surface area contributed by atoms with E-state index < -0.39 is 0 Å². The van der Waals surface area contributed by atoms with E-state index in [1.807, 2.05) is 6.08 Å². The van der Waals surface area contributed by atoms with Crippen molar-refractivity contribution >= 4 is 6.08 Å². The van der Waals surface area contributed by atoms with Crippen LogP contribution in [0.1, 0.15) is 19.4 Å². The van der Waals surface area contributed by atoms with Crippen molar-refractivity contribution < 1.29 is 4.39 Å². The Balaban J connectivity index is 2.04. The van der Waals surface area contributed by atoms with Crippen LogP contribution in [0.3, 0.4) is 0 Å². The molecule has 2 rings (SSSR count). The van der Waals surface area contributed by atoms with Crippen LogP contribution in [0.25, 0.3) is 6.08 Å². The molecule has 1 aliphatic rings. The molecule has 0 aliphatic heterocycles. The van der Waals surface area contributed by atoms with Gasteiger partial charge in [0.25, 0.3) is 0 Å². The summed E-state index contributed by atoms with van der Waals surface area (Å²) in [5.41, 5.74) is 7.16. The predicted molar refractivity (Wildman–Crippen MR) is 60.7 cm³/mol. The molecule has 1 aromatic carbocycles. The largest absolute Gasteiger partial charge is 0.327 e. The van der Waals surface area contributed by atoms with E-state index in [4.69, 9.17) is 5.73 Å². The van der Waals surface area contributed by atoms with E-state index in [0.717, 1.165) is 5.56 Å². The lowest BCUT2D eigenvalue weighted by Crippen LogP contribution is -2.06. The van der Waals surface area contributed by atoms with E-state index in [0.29, 0.717) is 5.92 Å². The van der Waals surface area contributed by atoms with Crippen LogP contribution in [-0.2, 0) is 0 Å². The molecule has 0 aromatic heterocycles. The van der Waals surface area contributed by atoms with Crippen molar-refractivity contribution in [2.45, 2.75) is 19.9 Å². The van der Waals surface area contributed by atoms with Crippen molar-refractivity contribution in [3.05, 3.63) is 41.7 Å². The molecule has 1 aliphatic carbocycles. The van der Waals surface area contributed by atoms with Crippen LogP contribution in [0, 0.1) is 17.2 Å². The Morgan fingerprint density at radius 1 is 1.27 bits per heavy atom. The number of benzene rings is 1. The van der Waals surface area contributed by atoms with Gasteiger partial charge in [-0.2, -0.15) is 0 Å². The monoisotopic (exact) mass is 205 g/mol. The van der Waals surface area contributed by atoms with E-state index in [1.54, 1.807) is 12.1 Å². The Kier molecular flexibility index (Phi) is 2.39. The molecular weight excluding hydrogens is 189 g/mol. The Labute approximate surface area is 89.8 Å². The highest BCUT2D eigenvalue weighted by Gasteiger charge is 2.53. The first-order chi connectivity index (χ1) is 7.01. The van der Waals surface area contributed by atoms with Crippen molar-refractivity contribution in [2.24, 2.45) is 17.1 Å². The van der Waals surface area contributed by atoms with Gasteiger partial charge in [-0.25, -0.2) is 4.39 Å². The van der Waals surface area contributed by atoms with Gasteiger partial charge in [0.1, 0.15) is 5.82 Å². The second kappa shape index (κ2) is 3.46. The van der Waals surface area contributed by atoms with Crippen LogP contribution in [-0.4, -0.2) is 6.04 Å². The van der Waals surface area contributed by atoms with Gasteiger partial charge in [-0.1, -0.05) is 38.1 Å². The van der Waals surface area contributed by atoms with Crippen LogP contribution in [0.5, 0.6) is 0 Å². The zero-order valence-corrected chi connectivity index (χ0v) is 9.07. The van der Waals surface area contributed by atoms with E-state index >= 15 is 0 Å². The van der Waals surface area contributed by atoms with Gasteiger partial charge in [-0.05, 0) is 29.0 Å². The molecule has 2 N–H and O–H groups in total. The molecular formula is C13H16FN. The Morgan fingerprint density at radius 3 is 2.27 bits per heavy atom. The van der Waals surface area contributed by atoms with E-state index in [9.17, 15) is 4.39 Å². The molecule has 0 bridgehead atoms. The highest BCUT2D eigenvalue weighted by atomic mass is 19.1. The fraction of sp³-hybridized carbons (Fsp3) is 0.385. The van der Waals surface area contributed by atoms with Gasteiger partial charge in [-0.3, -0.25) is 0 Å². The maximum Gasteiger partial charge on any atom is 0.123 e. The molecule has 0 saturated heterocycles. The fourth-order valence-electron chi connectivity index (χ4n) is 1.87. The zero-order chi connectivity index (χ0) is 11.1. The number of halogens is 1. The molecule has 1 saturated carbocycles. The molecule has 1 aromatic rings. The summed E-state index contributed by atoms with van der Waals surface area (Å²) in [6.45, 7) is 4.33. The molecule has 15 heavy (non-hydrogen) atoms. The molecule has 80 valence electrons. The maximum atomic E-state index is 12.6. The third kappa shape index (κ3) is 1.95. The van der Waals surface area contributed by atoms with Crippen molar-refractivity contribution in [1.82, 2.24) is 0 Å². The van der Waals surface area contributed by atoms with Gasteiger partial charge >= 0.3 is 0 Å². The number of hydrogen-bond acceptors (Lipinski definition) is 1. The molecule has 0 amide bonds. The van der Waals surface area contributed by atoms with Crippen molar-refractivity contribution in [3.63, 3.8) is 0 Å². The molecule has 1 fully saturated rings. The van der Waals surface area contributed by atoms with Gasteiger partial charge < -0.3 is 5.73 Å². The second-order valence-corrected chi connectivity index (χ2v) is 4.78. The molecule has 0 spiro atoms. The lowest BCUT2D eigenvalue weighted by Gasteiger charge is -1.96. The lowest BCUT2D eigenvalue weighted by atomic mass is 10.1. The molecule has 2 heteroatoms. The van der Waals surface area contributed by atoms with Crippen LogP contribution >= 0.6 is 0 Å². The van der Waals surface area contributed by atoms with Gasteiger partial charge in [0.05, 0.1) is 0 Å². The highest BCUT2D eigenvalue weighted by Crippen LogP contribution is 2.51. The third-order valence-corrected chi connectivity index (χ3v) is 3.36. The number of rotatable bonds is 2. The first-order valence-corrected chi connectivity index (χ1v) is 5.21. The summed E-state index contributed by atoms with van der Waals surface area (Å²) in [5.74, 6) is 0.248. The zero-order valence-electron chi connectivity index (χ0n) is 9.07. The lowest BCUT2D eigenvalue weighted by molar-refractivity contribution is 0.591. The van der Waals surface area contributed by atoms with Crippen LogP contribution in [0.2, 0.25) is 0 Å². The summed E-state index contributed by atoms with van der Waals surface area (Å²) in [4.78, 5) is 0. The third-order valence-electron chi connectivity index (χ3n) is 3.36. The van der Waals surface area contributed by atoms with Crippen molar-refractivity contribution in [3.8, 4) is 0 Å². The minimum absolute atomic E-state index is 0.199. The van der Waals surface area contributed by atoms with Gasteiger partial charge in [0.15, 0.2) is 0 Å². The van der Waals surface area contributed by atoms with E-state index in [-0.39, 0.29) is 17.3 Å². The second-order valence-electron chi connectivity index (χ2n) is 4.78. The Morgan fingerprint density at radius 2 is 1.80 bits per heavy atom. The van der Waals surface area contributed by atoms with Crippen molar-refractivity contribution in [1.29, 1.82) is 0 Å². The highest BCUT2D eigenvalue weighted by molar-refractivity contribution is 5.50. The van der Waals surface area contributed by atoms with Gasteiger partial charge in [0.2, 0.25) is 0 Å². The summed E-state index contributed by atoms with van der Waals surface area (Å²) in [6.07, 6.45) is 4.14. The SMILES string of the molecule is CC1(C)C(N)C1/C=C/c1ccc(F)cc1. The Hall–Kier alpha value is -1.15. The molecule has 2 atom stereocenters. The molecule has 1 nitrogen and oxygen atoms in total. The van der Waals surface area contributed by atoms with Crippen LogP contribution in [0.4, 0.5) is 4.39 Å². The minimum atomic E-state index is -0.199. The fourth-order valence-corrected chi connectivity index (χ4v) is 1.87. The van der Waals surface area contributed by atoms with Crippen LogP contribution in [0.15, 0.2) is 30.3 Å². The summed E-state index contributed by atoms with van der Waals surface area (Å²) >= 11 is 0. The first kappa shape index (κ1) is 10.4. The van der Waals surface area contributed by atoms with Crippen LogP contribution < -0.4 is 5.73 Å². The molecule has 2 unspecified atom stereocenters. The summed E-state index contributed by atoms with van der Waals surface area (Å²) in [5, 5.41) is 0. The predicted octanol–water partition coefficient (Wildman–Crippen LogP) is 2.82. The van der Waals surface area contributed by atoms with Gasteiger partial charge in [0, 0.05) is 6.04 Å². The van der Waals surface area contributed by atoms with E-state index in [1.165, 1.54) is 12.1 Å². The average Bonchev–Trinajstić information content (AvgIpc) is 2.66. The molecule has 0 radical (unpaired) electrons. The standard InChI is InChI=1S/C13H16FN/c1-13(2)11(12(13)15)8-5-9-3-6-10(14)7-4-9/h3-8,11-12H,15H2,1-2H3/b8-5+. The summed E-state index contributed by atoms with van der Waals surface area (Å²) in [6, 6.07) is 6.74. The van der Waals surface area contributed by atoms with Gasteiger partial charge in [-0.15, -0.1) is 0 Å². The first-order valence-electron chi connectivity index (χ1n) is 5.21. The minimum Gasteiger partial charge on any atom is -0.327 e. The van der Waals surface area contributed by atoms with Crippen molar-refractivity contribution in [2.75, 3.05) is 0 Å². The summed E-state index contributed by atoms with van der Waals surface area (Å²) in [7, 11) is 0. The maximum absolute atomic E-state index is 12.6. The normalized spacial score (nSPS) is 28.3. The molecule has 0 heterocycles. The number of nitrogens with two attached hydrogens (primary N) is 1. The summed E-state index contributed by atoms with van der Waals surface area (Å²) < 4.78 is 12.6. The average molecular weight is 205 g/mol. The Bertz CT molecular complexity index is 378. The number of hydrogen-bond donors (Lipinski definition) is 1. The smallest absolute Gasteiger partial charge is 0.123 e.